The van der Waals surface area contributed by atoms with Gasteiger partial charge in [-0.05, 0) is 30.7 Å². The second-order valence-electron chi connectivity index (χ2n) is 4.86. The number of anilines is 1. The van der Waals surface area contributed by atoms with E-state index in [4.69, 9.17) is 14.2 Å². The van der Waals surface area contributed by atoms with Crippen molar-refractivity contribution < 1.29 is 19.0 Å². The minimum atomic E-state index is -0.247. The molecule has 0 aromatic heterocycles. The number of rotatable bonds is 8. The summed E-state index contributed by atoms with van der Waals surface area (Å²) in [7, 11) is 1.58. The maximum absolute atomic E-state index is 12.0. The first-order valence-corrected chi connectivity index (χ1v) is 7.51. The van der Waals surface area contributed by atoms with Crippen LogP contribution in [0.4, 0.5) is 5.69 Å². The molecule has 0 saturated carbocycles. The Morgan fingerprint density at radius 3 is 2.48 bits per heavy atom. The lowest BCUT2D eigenvalue weighted by Gasteiger charge is -2.12. The fourth-order valence-corrected chi connectivity index (χ4v) is 1.94. The number of carbonyl (C=O) groups excluding carboxylic acids is 1. The Labute approximate surface area is 136 Å². The smallest absolute Gasteiger partial charge is 0.262 e. The summed E-state index contributed by atoms with van der Waals surface area (Å²) in [5.74, 6) is 1.64. The van der Waals surface area contributed by atoms with Crippen molar-refractivity contribution in [1.82, 2.24) is 0 Å². The molecule has 5 heteroatoms. The Bertz CT molecular complexity index is 642. The van der Waals surface area contributed by atoms with Crippen LogP contribution in [0.2, 0.25) is 0 Å². The highest BCUT2D eigenvalue weighted by atomic mass is 16.5. The first-order chi connectivity index (χ1) is 11.2. The highest BCUT2D eigenvalue weighted by molar-refractivity contribution is 5.92. The Morgan fingerprint density at radius 1 is 1.04 bits per heavy atom. The molecule has 2 rings (SSSR count). The van der Waals surface area contributed by atoms with Crippen molar-refractivity contribution >= 4 is 11.6 Å². The third kappa shape index (κ3) is 5.21. The van der Waals surface area contributed by atoms with Crippen LogP contribution in [0.25, 0.3) is 0 Å². The Hall–Kier alpha value is -2.69. The molecule has 0 aliphatic heterocycles. The number of ether oxygens (including phenoxy) is 3. The van der Waals surface area contributed by atoms with Crippen molar-refractivity contribution in [1.29, 1.82) is 0 Å². The summed E-state index contributed by atoms with van der Waals surface area (Å²) in [6.45, 7) is 2.55. The van der Waals surface area contributed by atoms with Gasteiger partial charge in [0.05, 0.1) is 13.7 Å². The van der Waals surface area contributed by atoms with E-state index >= 15 is 0 Å². The second-order valence-corrected chi connectivity index (χ2v) is 4.86. The van der Waals surface area contributed by atoms with Gasteiger partial charge in [0.2, 0.25) is 0 Å². The molecule has 0 unspecified atom stereocenters. The van der Waals surface area contributed by atoms with Crippen LogP contribution in [-0.4, -0.2) is 26.2 Å². The van der Waals surface area contributed by atoms with Crippen molar-refractivity contribution in [3.05, 3.63) is 48.5 Å². The van der Waals surface area contributed by atoms with Gasteiger partial charge in [0.1, 0.15) is 5.75 Å². The Balaban J connectivity index is 1.91. The van der Waals surface area contributed by atoms with Gasteiger partial charge >= 0.3 is 0 Å². The van der Waals surface area contributed by atoms with Crippen LogP contribution in [-0.2, 0) is 4.79 Å². The molecular formula is C18H21NO4. The molecular weight excluding hydrogens is 294 g/mol. The van der Waals surface area contributed by atoms with E-state index in [1.54, 1.807) is 25.3 Å². The van der Waals surface area contributed by atoms with Gasteiger partial charge < -0.3 is 19.5 Å². The summed E-state index contributed by atoms with van der Waals surface area (Å²) in [5.41, 5.74) is 0.661. The number of benzene rings is 2. The van der Waals surface area contributed by atoms with Crippen molar-refractivity contribution in [2.45, 2.75) is 13.3 Å². The quantitative estimate of drug-likeness (QED) is 0.810. The fourth-order valence-electron chi connectivity index (χ4n) is 1.94. The lowest BCUT2D eigenvalue weighted by atomic mass is 10.3. The van der Waals surface area contributed by atoms with Crippen LogP contribution in [0, 0.1) is 0 Å². The summed E-state index contributed by atoms with van der Waals surface area (Å²) in [6, 6.07) is 14.5. The number of amides is 1. The largest absolute Gasteiger partial charge is 0.497 e. The van der Waals surface area contributed by atoms with Gasteiger partial charge in [0.25, 0.3) is 5.91 Å². The van der Waals surface area contributed by atoms with Crippen LogP contribution < -0.4 is 19.5 Å². The summed E-state index contributed by atoms with van der Waals surface area (Å²) >= 11 is 0. The third-order valence-corrected chi connectivity index (χ3v) is 3.02. The van der Waals surface area contributed by atoms with Gasteiger partial charge in [0.15, 0.2) is 18.1 Å². The topological polar surface area (TPSA) is 56.8 Å². The Kier molecular flexibility index (Phi) is 6.29. The molecule has 5 nitrogen and oxygen atoms in total. The number of methoxy groups -OCH3 is 1. The van der Waals surface area contributed by atoms with Gasteiger partial charge in [-0.1, -0.05) is 25.1 Å². The molecule has 122 valence electrons. The van der Waals surface area contributed by atoms with Crippen molar-refractivity contribution in [3.8, 4) is 17.2 Å². The van der Waals surface area contributed by atoms with E-state index in [-0.39, 0.29) is 12.5 Å². The van der Waals surface area contributed by atoms with Crippen LogP contribution in [0.15, 0.2) is 48.5 Å². The second kappa shape index (κ2) is 8.68. The summed E-state index contributed by atoms with van der Waals surface area (Å²) < 4.78 is 16.3. The molecule has 23 heavy (non-hydrogen) atoms. The molecule has 0 radical (unpaired) electrons. The number of carbonyl (C=O) groups is 1. The molecule has 0 fully saturated rings. The van der Waals surface area contributed by atoms with E-state index in [1.165, 1.54) is 0 Å². The van der Waals surface area contributed by atoms with Crippen molar-refractivity contribution in [3.63, 3.8) is 0 Å². The van der Waals surface area contributed by atoms with Crippen molar-refractivity contribution in [2.24, 2.45) is 0 Å². The average Bonchev–Trinajstić information content (AvgIpc) is 2.59. The zero-order valence-corrected chi connectivity index (χ0v) is 13.4. The predicted molar refractivity (Wildman–Crippen MR) is 89.3 cm³/mol. The van der Waals surface area contributed by atoms with Gasteiger partial charge in [-0.3, -0.25) is 4.79 Å². The lowest BCUT2D eigenvalue weighted by Crippen LogP contribution is -2.20. The molecule has 0 saturated heterocycles. The predicted octanol–water partition coefficient (Wildman–Crippen LogP) is 3.50. The molecule has 0 atom stereocenters. The van der Waals surface area contributed by atoms with E-state index in [1.807, 2.05) is 37.3 Å². The van der Waals surface area contributed by atoms with E-state index in [0.29, 0.717) is 29.5 Å². The molecule has 2 aromatic rings. The SMILES string of the molecule is CCCOc1ccccc1OCC(=O)Nc1cccc(OC)c1. The molecule has 0 spiro atoms. The molecule has 2 aromatic carbocycles. The molecule has 0 bridgehead atoms. The molecule has 1 amide bonds. The van der Waals surface area contributed by atoms with E-state index in [9.17, 15) is 4.79 Å². The zero-order valence-electron chi connectivity index (χ0n) is 13.4. The lowest BCUT2D eigenvalue weighted by molar-refractivity contribution is -0.118. The minimum Gasteiger partial charge on any atom is -0.497 e. The maximum atomic E-state index is 12.0. The van der Waals surface area contributed by atoms with Crippen LogP contribution in [0.3, 0.4) is 0 Å². The standard InChI is InChI=1S/C18H21NO4/c1-3-11-22-16-9-4-5-10-17(16)23-13-18(20)19-14-7-6-8-15(12-14)21-2/h4-10,12H,3,11,13H2,1-2H3,(H,19,20). The van der Waals surface area contributed by atoms with E-state index in [2.05, 4.69) is 5.32 Å². The Morgan fingerprint density at radius 2 is 1.78 bits per heavy atom. The van der Waals surface area contributed by atoms with Crippen molar-refractivity contribution in [2.75, 3.05) is 25.6 Å². The highest BCUT2D eigenvalue weighted by Crippen LogP contribution is 2.26. The number of hydrogen-bond acceptors (Lipinski definition) is 4. The van der Waals surface area contributed by atoms with Gasteiger partial charge in [-0.15, -0.1) is 0 Å². The van der Waals surface area contributed by atoms with Gasteiger partial charge in [-0.25, -0.2) is 0 Å². The van der Waals surface area contributed by atoms with E-state index in [0.717, 1.165) is 6.42 Å². The van der Waals surface area contributed by atoms with Crippen LogP contribution in [0.5, 0.6) is 17.2 Å². The first kappa shape index (κ1) is 16.7. The number of nitrogens with one attached hydrogen (secondary N) is 1. The minimum absolute atomic E-state index is 0.0935. The third-order valence-electron chi connectivity index (χ3n) is 3.02. The maximum Gasteiger partial charge on any atom is 0.262 e. The number of para-hydroxylation sites is 2. The van der Waals surface area contributed by atoms with E-state index < -0.39 is 0 Å². The molecule has 0 heterocycles. The molecule has 1 N–H and O–H groups in total. The monoisotopic (exact) mass is 315 g/mol. The van der Waals surface area contributed by atoms with Gasteiger partial charge in [0, 0.05) is 11.8 Å². The van der Waals surface area contributed by atoms with Gasteiger partial charge in [-0.2, -0.15) is 0 Å². The van der Waals surface area contributed by atoms with Crippen LogP contribution >= 0.6 is 0 Å². The molecule has 0 aliphatic carbocycles. The summed E-state index contributed by atoms with van der Waals surface area (Å²) in [4.78, 5) is 12.0. The summed E-state index contributed by atoms with van der Waals surface area (Å²) in [5, 5.41) is 2.76. The first-order valence-electron chi connectivity index (χ1n) is 7.51. The highest BCUT2D eigenvalue weighted by Gasteiger charge is 2.08. The number of hydrogen-bond donors (Lipinski definition) is 1. The fraction of sp³-hybridized carbons (Fsp3) is 0.278. The molecule has 0 aliphatic rings. The zero-order chi connectivity index (χ0) is 16.5. The average molecular weight is 315 g/mol. The van der Waals surface area contributed by atoms with Crippen LogP contribution in [0.1, 0.15) is 13.3 Å². The normalized spacial score (nSPS) is 10.0. The summed E-state index contributed by atoms with van der Waals surface area (Å²) in [6.07, 6.45) is 0.907.